The summed E-state index contributed by atoms with van der Waals surface area (Å²) in [6.07, 6.45) is 0. The third-order valence-electron chi connectivity index (χ3n) is 3.49. The summed E-state index contributed by atoms with van der Waals surface area (Å²) >= 11 is 0. The number of carboxylic acids is 1. The van der Waals surface area contributed by atoms with Gasteiger partial charge in [0.15, 0.2) is 0 Å². The Morgan fingerprint density at radius 3 is 2.42 bits per heavy atom. The van der Waals surface area contributed by atoms with Crippen molar-refractivity contribution < 1.29 is 14.7 Å². The van der Waals surface area contributed by atoms with Crippen LogP contribution in [0.4, 0.5) is 5.69 Å². The SMILES string of the molecule is CC(C(=O)O)c1ccc(N2CCN(C)CC2=O)cc1. The van der Waals surface area contributed by atoms with E-state index in [2.05, 4.69) is 0 Å². The predicted octanol–water partition coefficient (Wildman–Crippen LogP) is 1.15. The van der Waals surface area contributed by atoms with Crippen molar-refractivity contribution >= 4 is 17.6 Å². The molecule has 1 N–H and O–H groups in total. The first-order valence-corrected chi connectivity index (χ1v) is 6.30. The lowest BCUT2D eigenvalue weighted by molar-refractivity contribution is -0.138. The molecule has 0 bridgehead atoms. The molecule has 0 aromatic heterocycles. The van der Waals surface area contributed by atoms with Gasteiger partial charge in [-0.25, -0.2) is 0 Å². The number of hydrogen-bond acceptors (Lipinski definition) is 3. The Bertz CT molecular complexity index is 484. The molecule has 1 atom stereocenters. The molecular formula is C14H18N2O3. The minimum absolute atomic E-state index is 0.0767. The maximum atomic E-state index is 11.9. The van der Waals surface area contributed by atoms with E-state index < -0.39 is 11.9 Å². The van der Waals surface area contributed by atoms with E-state index >= 15 is 0 Å². The maximum Gasteiger partial charge on any atom is 0.310 e. The highest BCUT2D eigenvalue weighted by Gasteiger charge is 2.23. The van der Waals surface area contributed by atoms with Gasteiger partial charge in [0.1, 0.15) is 0 Å². The van der Waals surface area contributed by atoms with Gasteiger partial charge < -0.3 is 10.0 Å². The standard InChI is InChI=1S/C14H18N2O3/c1-10(14(18)19)11-3-5-12(6-4-11)16-8-7-15(2)9-13(16)17/h3-6,10H,7-9H2,1-2H3,(H,18,19). The molecule has 0 aliphatic carbocycles. The molecule has 1 unspecified atom stereocenters. The molecule has 1 heterocycles. The minimum atomic E-state index is -0.844. The highest BCUT2D eigenvalue weighted by atomic mass is 16.4. The molecule has 1 aliphatic rings. The number of carbonyl (C=O) groups excluding carboxylic acids is 1. The lowest BCUT2D eigenvalue weighted by Gasteiger charge is -2.32. The minimum Gasteiger partial charge on any atom is -0.481 e. The van der Waals surface area contributed by atoms with Crippen LogP contribution in [-0.2, 0) is 9.59 Å². The van der Waals surface area contributed by atoms with E-state index in [4.69, 9.17) is 5.11 Å². The van der Waals surface area contributed by atoms with Crippen molar-refractivity contribution in [3.8, 4) is 0 Å². The van der Waals surface area contributed by atoms with E-state index in [1.807, 2.05) is 24.1 Å². The van der Waals surface area contributed by atoms with Gasteiger partial charge in [0, 0.05) is 18.8 Å². The second-order valence-corrected chi connectivity index (χ2v) is 4.93. The van der Waals surface area contributed by atoms with Crippen LogP contribution >= 0.6 is 0 Å². The van der Waals surface area contributed by atoms with E-state index in [0.717, 1.165) is 17.8 Å². The van der Waals surface area contributed by atoms with Crippen LogP contribution in [-0.4, -0.2) is 48.6 Å². The first-order chi connectivity index (χ1) is 8.99. The summed E-state index contributed by atoms with van der Waals surface area (Å²) in [5.41, 5.74) is 1.58. The average Bonchev–Trinajstić information content (AvgIpc) is 2.38. The Balaban J connectivity index is 2.14. The normalized spacial score (nSPS) is 18.4. The monoisotopic (exact) mass is 262 g/mol. The second kappa shape index (κ2) is 5.40. The molecule has 102 valence electrons. The molecule has 5 heteroatoms. The topological polar surface area (TPSA) is 60.9 Å². The van der Waals surface area contributed by atoms with E-state index in [0.29, 0.717) is 13.1 Å². The van der Waals surface area contributed by atoms with Crippen LogP contribution in [0.3, 0.4) is 0 Å². The molecule has 1 aromatic rings. The molecular weight excluding hydrogens is 244 g/mol. The van der Waals surface area contributed by atoms with Gasteiger partial charge in [0.2, 0.25) is 5.91 Å². The van der Waals surface area contributed by atoms with Crippen molar-refractivity contribution in [1.82, 2.24) is 4.90 Å². The van der Waals surface area contributed by atoms with E-state index in [1.54, 1.807) is 24.0 Å². The van der Waals surface area contributed by atoms with E-state index in [1.165, 1.54) is 0 Å². The number of carbonyl (C=O) groups is 2. The summed E-state index contributed by atoms with van der Waals surface area (Å²) in [7, 11) is 1.92. The average molecular weight is 262 g/mol. The summed E-state index contributed by atoms with van der Waals surface area (Å²) in [6.45, 7) is 3.59. The highest BCUT2D eigenvalue weighted by molar-refractivity contribution is 5.95. The number of benzene rings is 1. The van der Waals surface area contributed by atoms with Gasteiger partial charge >= 0.3 is 5.97 Å². The largest absolute Gasteiger partial charge is 0.481 e. The smallest absolute Gasteiger partial charge is 0.310 e. The number of nitrogens with zero attached hydrogens (tertiary/aromatic N) is 2. The Morgan fingerprint density at radius 1 is 1.26 bits per heavy atom. The molecule has 1 fully saturated rings. The molecule has 1 aliphatic heterocycles. The zero-order valence-corrected chi connectivity index (χ0v) is 11.2. The zero-order valence-electron chi connectivity index (χ0n) is 11.2. The van der Waals surface area contributed by atoms with Gasteiger partial charge in [-0.15, -0.1) is 0 Å². The second-order valence-electron chi connectivity index (χ2n) is 4.93. The quantitative estimate of drug-likeness (QED) is 0.887. The summed E-state index contributed by atoms with van der Waals surface area (Å²) in [5, 5.41) is 8.95. The van der Waals surface area contributed by atoms with E-state index in [-0.39, 0.29) is 5.91 Å². The summed E-state index contributed by atoms with van der Waals surface area (Å²) in [4.78, 5) is 26.6. The molecule has 1 saturated heterocycles. The van der Waals surface area contributed by atoms with Gasteiger partial charge in [-0.1, -0.05) is 12.1 Å². The van der Waals surface area contributed by atoms with Crippen molar-refractivity contribution in [1.29, 1.82) is 0 Å². The van der Waals surface area contributed by atoms with E-state index in [9.17, 15) is 9.59 Å². The third kappa shape index (κ3) is 2.93. The number of anilines is 1. The van der Waals surface area contributed by atoms with Gasteiger partial charge in [-0.05, 0) is 31.7 Å². The van der Waals surface area contributed by atoms with Crippen LogP contribution < -0.4 is 4.90 Å². The number of rotatable bonds is 3. The van der Waals surface area contributed by atoms with Gasteiger partial charge in [0.05, 0.1) is 12.5 Å². The molecule has 1 aromatic carbocycles. The van der Waals surface area contributed by atoms with Crippen LogP contribution in [0.25, 0.3) is 0 Å². The summed E-state index contributed by atoms with van der Waals surface area (Å²) in [5.74, 6) is -1.30. The molecule has 0 radical (unpaired) electrons. The fraction of sp³-hybridized carbons (Fsp3) is 0.429. The Labute approximate surface area is 112 Å². The number of likely N-dealkylation sites (N-methyl/N-ethyl adjacent to an activating group) is 1. The van der Waals surface area contributed by atoms with Crippen LogP contribution in [0.5, 0.6) is 0 Å². The Hall–Kier alpha value is -1.88. The van der Waals surface area contributed by atoms with Gasteiger partial charge in [-0.2, -0.15) is 0 Å². The number of amides is 1. The van der Waals surface area contributed by atoms with Crippen LogP contribution in [0.15, 0.2) is 24.3 Å². The van der Waals surface area contributed by atoms with Crippen molar-refractivity contribution in [3.63, 3.8) is 0 Å². The fourth-order valence-corrected chi connectivity index (χ4v) is 2.15. The van der Waals surface area contributed by atoms with Crippen LogP contribution in [0.2, 0.25) is 0 Å². The third-order valence-corrected chi connectivity index (χ3v) is 3.49. The molecule has 19 heavy (non-hydrogen) atoms. The first-order valence-electron chi connectivity index (χ1n) is 6.30. The van der Waals surface area contributed by atoms with Crippen molar-refractivity contribution in [2.45, 2.75) is 12.8 Å². The first kappa shape index (κ1) is 13.5. The van der Waals surface area contributed by atoms with Gasteiger partial charge in [0.25, 0.3) is 0 Å². The maximum absolute atomic E-state index is 11.9. The van der Waals surface area contributed by atoms with Crippen molar-refractivity contribution in [2.24, 2.45) is 0 Å². The van der Waals surface area contributed by atoms with Crippen molar-refractivity contribution in [3.05, 3.63) is 29.8 Å². The Morgan fingerprint density at radius 2 is 1.89 bits per heavy atom. The lowest BCUT2D eigenvalue weighted by atomic mass is 10.0. The lowest BCUT2D eigenvalue weighted by Crippen LogP contribution is -2.48. The Kier molecular flexibility index (Phi) is 3.85. The number of hydrogen-bond donors (Lipinski definition) is 1. The number of carboxylic acid groups (broad SMARTS) is 1. The van der Waals surface area contributed by atoms with Gasteiger partial charge in [-0.3, -0.25) is 14.5 Å². The number of aliphatic carboxylic acids is 1. The predicted molar refractivity (Wildman–Crippen MR) is 72.3 cm³/mol. The van der Waals surface area contributed by atoms with Crippen molar-refractivity contribution in [2.75, 3.05) is 31.6 Å². The number of piperazine rings is 1. The summed E-state index contributed by atoms with van der Waals surface area (Å²) < 4.78 is 0. The molecule has 0 spiro atoms. The fourth-order valence-electron chi connectivity index (χ4n) is 2.15. The molecule has 0 saturated carbocycles. The van der Waals surface area contributed by atoms with Crippen LogP contribution in [0.1, 0.15) is 18.4 Å². The molecule has 2 rings (SSSR count). The van der Waals surface area contributed by atoms with Crippen LogP contribution in [0, 0.1) is 0 Å². The zero-order chi connectivity index (χ0) is 14.0. The summed E-state index contributed by atoms with van der Waals surface area (Å²) in [6, 6.07) is 7.19. The molecule has 5 nitrogen and oxygen atoms in total. The molecule has 1 amide bonds. The highest BCUT2D eigenvalue weighted by Crippen LogP contribution is 2.22.